The van der Waals surface area contributed by atoms with Crippen LogP contribution in [0.2, 0.25) is 0 Å². The number of carbonyl (C=O) groups excluding carboxylic acids is 3. The Morgan fingerprint density at radius 2 is 1.75 bits per heavy atom. The normalized spacial score (nSPS) is 27.0. The molecule has 8 nitrogen and oxygen atoms in total. The van der Waals surface area contributed by atoms with Crippen molar-refractivity contribution < 1.29 is 33.3 Å². The highest BCUT2D eigenvalue weighted by Crippen LogP contribution is 2.39. The molecule has 1 aromatic heterocycles. The quantitative estimate of drug-likeness (QED) is 0.453. The highest BCUT2D eigenvalue weighted by atomic mass is 79.9. The van der Waals surface area contributed by atoms with E-state index in [9.17, 15) is 14.4 Å². The molecule has 0 aliphatic carbocycles. The second-order valence-corrected chi connectivity index (χ2v) is 8.40. The molecule has 5 atom stereocenters. The molecule has 10 heteroatoms. The molecule has 3 unspecified atom stereocenters. The summed E-state index contributed by atoms with van der Waals surface area (Å²) in [5, 5.41) is 0. The van der Waals surface area contributed by atoms with Crippen LogP contribution in [0.5, 0.6) is 0 Å². The first-order valence-corrected chi connectivity index (χ1v) is 10.2. The van der Waals surface area contributed by atoms with Crippen LogP contribution in [0, 0.1) is 5.92 Å². The summed E-state index contributed by atoms with van der Waals surface area (Å²) in [5.74, 6) is -1.84. The molecule has 0 spiro atoms. The topological polar surface area (TPSA) is 101 Å². The Kier molecular flexibility index (Phi) is 8.26. The minimum atomic E-state index is -0.737. The summed E-state index contributed by atoms with van der Waals surface area (Å²) < 4.78 is 22.8. The molecule has 0 amide bonds. The Balaban J connectivity index is 2.29. The van der Waals surface area contributed by atoms with Crippen molar-refractivity contribution in [3.05, 3.63) is 22.9 Å². The number of thioether (sulfide) groups is 1. The third kappa shape index (κ3) is 6.46. The standard InChI is InChI=1S/C18H22BrNO7S/c1-9-16(25-11(3)22)15(8-24-10(2)21)27-18(17(9)26-12(4)23)28-14-5-13(19)6-20-7-14/h5-7,9,15-18H,8H2,1-4H3/t9?,15?,16-,17?,18-/m1/s1. The van der Waals surface area contributed by atoms with E-state index in [0.29, 0.717) is 0 Å². The van der Waals surface area contributed by atoms with E-state index in [2.05, 4.69) is 20.9 Å². The lowest BCUT2D eigenvalue weighted by atomic mass is 9.91. The van der Waals surface area contributed by atoms with Gasteiger partial charge < -0.3 is 18.9 Å². The van der Waals surface area contributed by atoms with Gasteiger partial charge in [0.05, 0.1) is 0 Å². The van der Waals surface area contributed by atoms with Gasteiger partial charge in [0.15, 0.2) is 0 Å². The van der Waals surface area contributed by atoms with Crippen LogP contribution in [0.15, 0.2) is 27.8 Å². The molecule has 1 fully saturated rings. The Morgan fingerprint density at radius 3 is 2.32 bits per heavy atom. The molecule has 0 aromatic carbocycles. The van der Waals surface area contributed by atoms with Crippen LogP contribution in [0.1, 0.15) is 27.7 Å². The van der Waals surface area contributed by atoms with Crippen molar-refractivity contribution in [3.8, 4) is 0 Å². The van der Waals surface area contributed by atoms with Crippen LogP contribution in [-0.2, 0) is 33.3 Å². The van der Waals surface area contributed by atoms with Crippen molar-refractivity contribution in [1.82, 2.24) is 4.98 Å². The van der Waals surface area contributed by atoms with Gasteiger partial charge in [0.2, 0.25) is 0 Å². The number of nitrogens with zero attached hydrogens (tertiary/aromatic N) is 1. The van der Waals surface area contributed by atoms with Gasteiger partial charge in [-0.2, -0.15) is 0 Å². The largest absolute Gasteiger partial charge is 0.463 e. The van der Waals surface area contributed by atoms with E-state index in [1.807, 2.05) is 6.07 Å². The molecule has 28 heavy (non-hydrogen) atoms. The maximum absolute atomic E-state index is 11.7. The number of hydrogen-bond donors (Lipinski definition) is 0. The lowest BCUT2D eigenvalue weighted by molar-refractivity contribution is -0.212. The Hall–Kier alpha value is -1.65. The van der Waals surface area contributed by atoms with Crippen LogP contribution in [0.4, 0.5) is 0 Å². The fourth-order valence-electron chi connectivity index (χ4n) is 2.85. The fraction of sp³-hybridized carbons (Fsp3) is 0.556. The van der Waals surface area contributed by atoms with Crippen LogP contribution < -0.4 is 0 Å². The summed E-state index contributed by atoms with van der Waals surface area (Å²) in [7, 11) is 0. The van der Waals surface area contributed by atoms with Crippen molar-refractivity contribution in [2.24, 2.45) is 5.92 Å². The molecular weight excluding hydrogens is 454 g/mol. The average Bonchev–Trinajstić information content (AvgIpc) is 2.58. The van der Waals surface area contributed by atoms with Crippen molar-refractivity contribution >= 4 is 45.6 Å². The van der Waals surface area contributed by atoms with Crippen LogP contribution in [0.3, 0.4) is 0 Å². The second kappa shape index (κ2) is 10.2. The minimum absolute atomic E-state index is 0.0851. The number of halogens is 1. The fourth-order valence-corrected chi connectivity index (χ4v) is 4.59. The lowest BCUT2D eigenvalue weighted by Crippen LogP contribution is -2.56. The van der Waals surface area contributed by atoms with Crippen molar-refractivity contribution in [2.75, 3.05) is 6.61 Å². The molecule has 2 heterocycles. The third-order valence-electron chi connectivity index (χ3n) is 3.97. The summed E-state index contributed by atoms with van der Waals surface area (Å²) in [6.07, 6.45) is 1.19. The Bertz CT molecular complexity index is 730. The molecule has 1 saturated heterocycles. The average molecular weight is 476 g/mol. The Morgan fingerprint density at radius 1 is 1.11 bits per heavy atom. The zero-order valence-corrected chi connectivity index (χ0v) is 18.3. The van der Waals surface area contributed by atoms with E-state index < -0.39 is 41.7 Å². The van der Waals surface area contributed by atoms with Crippen LogP contribution in [-0.4, -0.2) is 53.2 Å². The van der Waals surface area contributed by atoms with Gasteiger partial charge in [-0.3, -0.25) is 19.4 Å². The monoisotopic (exact) mass is 475 g/mol. The zero-order valence-electron chi connectivity index (χ0n) is 15.9. The molecule has 154 valence electrons. The van der Waals surface area contributed by atoms with Crippen molar-refractivity contribution in [1.29, 1.82) is 0 Å². The van der Waals surface area contributed by atoms with E-state index in [0.717, 1.165) is 9.37 Å². The molecule has 2 rings (SSSR count). The number of aromatic nitrogens is 1. The lowest BCUT2D eigenvalue weighted by Gasteiger charge is -2.43. The van der Waals surface area contributed by atoms with Crippen LogP contribution >= 0.6 is 27.7 Å². The minimum Gasteiger partial charge on any atom is -0.463 e. The van der Waals surface area contributed by atoms with Crippen LogP contribution in [0.25, 0.3) is 0 Å². The van der Waals surface area contributed by atoms with Crippen molar-refractivity contribution in [3.63, 3.8) is 0 Å². The van der Waals surface area contributed by atoms with Crippen molar-refractivity contribution in [2.45, 2.75) is 56.3 Å². The van der Waals surface area contributed by atoms with Gasteiger partial charge in [-0.15, -0.1) is 0 Å². The van der Waals surface area contributed by atoms with E-state index in [-0.39, 0.29) is 12.5 Å². The molecule has 0 N–H and O–H groups in total. The number of pyridine rings is 1. The number of carbonyl (C=O) groups is 3. The summed E-state index contributed by atoms with van der Waals surface area (Å²) in [6, 6.07) is 1.86. The van der Waals surface area contributed by atoms with Gasteiger partial charge in [-0.25, -0.2) is 0 Å². The van der Waals surface area contributed by atoms with Gasteiger partial charge >= 0.3 is 17.9 Å². The maximum Gasteiger partial charge on any atom is 0.303 e. The molecule has 1 aliphatic rings. The molecule has 0 radical (unpaired) electrons. The number of rotatable bonds is 6. The van der Waals surface area contributed by atoms with Gasteiger partial charge in [0, 0.05) is 48.5 Å². The predicted molar refractivity (Wildman–Crippen MR) is 103 cm³/mol. The summed E-state index contributed by atoms with van der Waals surface area (Å²) >= 11 is 4.69. The molecule has 0 bridgehead atoms. The van der Waals surface area contributed by atoms with E-state index in [1.54, 1.807) is 19.3 Å². The van der Waals surface area contributed by atoms with E-state index in [1.165, 1.54) is 32.5 Å². The first-order chi connectivity index (χ1) is 13.2. The Labute approximate surface area is 175 Å². The maximum atomic E-state index is 11.7. The summed E-state index contributed by atoms with van der Waals surface area (Å²) in [6.45, 7) is 5.59. The molecule has 1 aliphatic heterocycles. The SMILES string of the molecule is CC(=O)OCC1O[C@H](Sc2cncc(Br)c2)C(OC(C)=O)C(C)[C@H]1OC(C)=O. The smallest absolute Gasteiger partial charge is 0.303 e. The third-order valence-corrected chi connectivity index (χ3v) is 5.51. The highest BCUT2D eigenvalue weighted by molar-refractivity contribution is 9.10. The summed E-state index contributed by atoms with van der Waals surface area (Å²) in [5.41, 5.74) is -0.609. The van der Waals surface area contributed by atoms with E-state index >= 15 is 0 Å². The highest BCUT2D eigenvalue weighted by Gasteiger charge is 2.48. The molecule has 1 aromatic rings. The predicted octanol–water partition coefficient (Wildman–Crippen LogP) is 2.72. The number of ether oxygens (including phenoxy) is 4. The number of hydrogen-bond acceptors (Lipinski definition) is 9. The molecule has 0 saturated carbocycles. The first-order valence-electron chi connectivity index (χ1n) is 8.58. The van der Waals surface area contributed by atoms with Gasteiger partial charge in [-0.05, 0) is 22.0 Å². The number of esters is 3. The first kappa shape index (κ1) is 22.6. The molecular formula is C18H22BrNO7S. The zero-order chi connectivity index (χ0) is 20.8. The van der Waals surface area contributed by atoms with E-state index in [4.69, 9.17) is 18.9 Å². The van der Waals surface area contributed by atoms with Gasteiger partial charge in [0.25, 0.3) is 0 Å². The van der Waals surface area contributed by atoms with Gasteiger partial charge in [0.1, 0.15) is 30.4 Å². The second-order valence-electron chi connectivity index (χ2n) is 6.31. The van der Waals surface area contributed by atoms with Gasteiger partial charge in [-0.1, -0.05) is 18.7 Å². The summed E-state index contributed by atoms with van der Waals surface area (Å²) in [4.78, 5) is 39.4.